The van der Waals surface area contributed by atoms with Crippen molar-refractivity contribution in [1.29, 1.82) is 0 Å². The number of halogens is 2. The van der Waals surface area contributed by atoms with Crippen LogP contribution in [0.3, 0.4) is 0 Å². The van der Waals surface area contributed by atoms with E-state index >= 15 is 0 Å². The molecule has 1 atom stereocenters. The van der Waals surface area contributed by atoms with Crippen LogP contribution in [0.25, 0.3) is 0 Å². The van der Waals surface area contributed by atoms with E-state index in [9.17, 15) is 13.6 Å². The predicted molar refractivity (Wildman–Crippen MR) is 78.0 cm³/mol. The standard InChI is InChI=1S/C15H21F2N3O/c1-10(9-20-7-3-2-4-8-20)19-15(21)13-11(16)5-6-12(18)14(13)17/h5-6,10H,2-4,7-9,18H2,1H3,(H,19,21). The van der Waals surface area contributed by atoms with E-state index < -0.39 is 23.1 Å². The van der Waals surface area contributed by atoms with Crippen LogP contribution in [0.5, 0.6) is 0 Å². The zero-order chi connectivity index (χ0) is 15.4. The van der Waals surface area contributed by atoms with Gasteiger partial charge in [-0.1, -0.05) is 6.42 Å². The van der Waals surface area contributed by atoms with Crippen LogP contribution >= 0.6 is 0 Å². The summed E-state index contributed by atoms with van der Waals surface area (Å²) in [5.41, 5.74) is 4.54. The number of hydrogen-bond donors (Lipinski definition) is 2. The third kappa shape index (κ3) is 3.91. The second-order valence-electron chi connectivity index (χ2n) is 5.56. The molecular formula is C15H21F2N3O. The van der Waals surface area contributed by atoms with E-state index in [-0.39, 0.29) is 11.7 Å². The van der Waals surface area contributed by atoms with E-state index in [4.69, 9.17) is 5.73 Å². The van der Waals surface area contributed by atoms with Gasteiger partial charge in [-0.2, -0.15) is 0 Å². The van der Waals surface area contributed by atoms with Crippen molar-refractivity contribution in [2.24, 2.45) is 0 Å². The average molecular weight is 297 g/mol. The van der Waals surface area contributed by atoms with Gasteiger partial charge in [0.25, 0.3) is 5.91 Å². The third-order valence-electron chi connectivity index (χ3n) is 3.71. The molecule has 4 nitrogen and oxygen atoms in total. The lowest BCUT2D eigenvalue weighted by Gasteiger charge is -2.29. The Labute approximate surface area is 123 Å². The summed E-state index contributed by atoms with van der Waals surface area (Å²) in [5, 5.41) is 2.64. The van der Waals surface area contributed by atoms with Gasteiger partial charge >= 0.3 is 0 Å². The van der Waals surface area contributed by atoms with Gasteiger partial charge in [-0.15, -0.1) is 0 Å². The van der Waals surface area contributed by atoms with E-state index in [0.29, 0.717) is 6.54 Å². The molecule has 1 aromatic rings. The zero-order valence-electron chi connectivity index (χ0n) is 12.2. The van der Waals surface area contributed by atoms with E-state index in [1.165, 1.54) is 6.42 Å². The van der Waals surface area contributed by atoms with Crippen LogP contribution in [0, 0.1) is 11.6 Å². The van der Waals surface area contributed by atoms with Gasteiger partial charge in [0.2, 0.25) is 0 Å². The predicted octanol–water partition coefficient (Wildman–Crippen LogP) is 2.15. The largest absolute Gasteiger partial charge is 0.396 e. The van der Waals surface area contributed by atoms with Crippen LogP contribution in [0.2, 0.25) is 0 Å². The molecule has 1 unspecified atom stereocenters. The fraction of sp³-hybridized carbons (Fsp3) is 0.533. The molecule has 0 bridgehead atoms. The summed E-state index contributed by atoms with van der Waals surface area (Å²) in [6.45, 7) is 4.51. The summed E-state index contributed by atoms with van der Waals surface area (Å²) in [4.78, 5) is 14.3. The van der Waals surface area contributed by atoms with E-state index in [1.54, 1.807) is 0 Å². The molecule has 0 aromatic heterocycles. The van der Waals surface area contributed by atoms with Gasteiger partial charge < -0.3 is 16.0 Å². The first-order valence-corrected chi connectivity index (χ1v) is 7.25. The highest BCUT2D eigenvalue weighted by molar-refractivity contribution is 5.95. The zero-order valence-corrected chi connectivity index (χ0v) is 12.2. The van der Waals surface area contributed by atoms with E-state index in [0.717, 1.165) is 38.1 Å². The monoisotopic (exact) mass is 297 g/mol. The maximum atomic E-state index is 13.8. The molecule has 0 aliphatic carbocycles. The number of carbonyl (C=O) groups is 1. The van der Waals surface area contributed by atoms with Gasteiger partial charge in [-0.3, -0.25) is 4.79 Å². The number of nitrogens with zero attached hydrogens (tertiary/aromatic N) is 1. The summed E-state index contributed by atoms with van der Waals surface area (Å²) >= 11 is 0. The number of nitrogen functional groups attached to an aromatic ring is 1. The van der Waals surface area contributed by atoms with Gasteiger partial charge in [0, 0.05) is 12.6 Å². The molecule has 2 rings (SSSR count). The number of carbonyl (C=O) groups excluding carboxylic acids is 1. The number of anilines is 1. The number of nitrogens with one attached hydrogen (secondary N) is 1. The van der Waals surface area contributed by atoms with Crippen molar-refractivity contribution in [3.63, 3.8) is 0 Å². The number of nitrogens with two attached hydrogens (primary N) is 1. The second-order valence-corrected chi connectivity index (χ2v) is 5.56. The summed E-state index contributed by atoms with van der Waals surface area (Å²) in [6.07, 6.45) is 3.54. The van der Waals surface area contributed by atoms with Crippen LogP contribution in [-0.2, 0) is 0 Å². The molecule has 116 valence electrons. The molecule has 1 aliphatic heterocycles. The van der Waals surface area contributed by atoms with Crippen LogP contribution in [-0.4, -0.2) is 36.5 Å². The SMILES string of the molecule is CC(CN1CCCCC1)NC(=O)c1c(F)ccc(N)c1F. The van der Waals surface area contributed by atoms with Crippen LogP contribution < -0.4 is 11.1 Å². The fourth-order valence-electron chi connectivity index (χ4n) is 2.65. The van der Waals surface area contributed by atoms with Crippen LogP contribution in [0.1, 0.15) is 36.5 Å². The average Bonchev–Trinajstić information content (AvgIpc) is 2.44. The number of rotatable bonds is 4. The molecule has 1 saturated heterocycles. The highest BCUT2D eigenvalue weighted by atomic mass is 19.1. The highest BCUT2D eigenvalue weighted by Gasteiger charge is 2.22. The Kier molecular flexibility index (Phi) is 5.12. The first-order valence-electron chi connectivity index (χ1n) is 7.25. The number of likely N-dealkylation sites (tertiary alicyclic amines) is 1. The van der Waals surface area contributed by atoms with Crippen molar-refractivity contribution in [2.45, 2.75) is 32.2 Å². The number of benzene rings is 1. The Morgan fingerprint density at radius 1 is 1.33 bits per heavy atom. The Morgan fingerprint density at radius 2 is 2.00 bits per heavy atom. The lowest BCUT2D eigenvalue weighted by molar-refractivity contribution is 0.0917. The van der Waals surface area contributed by atoms with E-state index in [1.807, 2.05) is 6.92 Å². The van der Waals surface area contributed by atoms with Crippen molar-refractivity contribution >= 4 is 11.6 Å². The molecule has 6 heteroatoms. The van der Waals surface area contributed by atoms with Gasteiger partial charge in [0.1, 0.15) is 11.4 Å². The molecule has 0 radical (unpaired) electrons. The molecule has 0 saturated carbocycles. The van der Waals surface area contributed by atoms with Crippen LogP contribution in [0.4, 0.5) is 14.5 Å². The lowest BCUT2D eigenvalue weighted by atomic mass is 10.1. The molecule has 1 heterocycles. The number of hydrogen-bond acceptors (Lipinski definition) is 3. The molecule has 21 heavy (non-hydrogen) atoms. The molecule has 1 amide bonds. The van der Waals surface area contributed by atoms with Crippen molar-refractivity contribution in [2.75, 3.05) is 25.4 Å². The third-order valence-corrected chi connectivity index (χ3v) is 3.71. The minimum atomic E-state index is -1.00. The molecule has 1 aromatic carbocycles. The topological polar surface area (TPSA) is 58.4 Å². The lowest BCUT2D eigenvalue weighted by Crippen LogP contribution is -2.44. The number of amides is 1. The van der Waals surface area contributed by atoms with Gasteiger partial charge in [-0.25, -0.2) is 8.78 Å². The molecule has 3 N–H and O–H groups in total. The minimum Gasteiger partial charge on any atom is -0.396 e. The minimum absolute atomic E-state index is 0.184. The maximum Gasteiger partial charge on any atom is 0.257 e. The Morgan fingerprint density at radius 3 is 2.67 bits per heavy atom. The molecule has 0 spiro atoms. The smallest absolute Gasteiger partial charge is 0.257 e. The molecular weight excluding hydrogens is 276 g/mol. The Hall–Kier alpha value is -1.69. The normalized spacial score (nSPS) is 17.5. The summed E-state index contributed by atoms with van der Waals surface area (Å²) in [7, 11) is 0. The van der Waals surface area contributed by atoms with Crippen LogP contribution in [0.15, 0.2) is 12.1 Å². The van der Waals surface area contributed by atoms with E-state index in [2.05, 4.69) is 10.2 Å². The summed E-state index contributed by atoms with van der Waals surface area (Å²) < 4.78 is 27.4. The first-order chi connectivity index (χ1) is 9.99. The summed E-state index contributed by atoms with van der Waals surface area (Å²) in [5.74, 6) is -2.66. The van der Waals surface area contributed by atoms with Crippen molar-refractivity contribution in [3.05, 3.63) is 29.3 Å². The first kappa shape index (κ1) is 15.7. The highest BCUT2D eigenvalue weighted by Crippen LogP contribution is 2.18. The number of piperidine rings is 1. The van der Waals surface area contributed by atoms with Crippen molar-refractivity contribution < 1.29 is 13.6 Å². The van der Waals surface area contributed by atoms with Gasteiger partial charge in [-0.05, 0) is 45.0 Å². The summed E-state index contributed by atoms with van der Waals surface area (Å²) in [6, 6.07) is 1.93. The molecule has 1 fully saturated rings. The molecule has 1 aliphatic rings. The maximum absolute atomic E-state index is 13.8. The van der Waals surface area contributed by atoms with Crippen molar-refractivity contribution in [1.82, 2.24) is 10.2 Å². The van der Waals surface area contributed by atoms with Gasteiger partial charge in [0.05, 0.1) is 5.69 Å². The second kappa shape index (κ2) is 6.85. The Balaban J connectivity index is 1.99. The van der Waals surface area contributed by atoms with Gasteiger partial charge in [0.15, 0.2) is 5.82 Å². The fourth-order valence-corrected chi connectivity index (χ4v) is 2.65. The Bertz CT molecular complexity index is 516. The quantitative estimate of drug-likeness (QED) is 0.837. The van der Waals surface area contributed by atoms with Crippen molar-refractivity contribution in [3.8, 4) is 0 Å².